The van der Waals surface area contributed by atoms with E-state index < -0.39 is 9.84 Å². The molecule has 1 N–H and O–H groups in total. The van der Waals surface area contributed by atoms with Gasteiger partial charge in [0.25, 0.3) is 5.91 Å². The van der Waals surface area contributed by atoms with E-state index in [1.807, 2.05) is 0 Å². The van der Waals surface area contributed by atoms with E-state index in [1.54, 1.807) is 54.6 Å². The molecule has 2 aromatic carbocycles. The molecule has 0 saturated carbocycles. The molecule has 0 saturated heterocycles. The number of hydrogen-bond donors (Lipinski definition) is 1. The van der Waals surface area contributed by atoms with Crippen molar-refractivity contribution in [3.05, 3.63) is 65.7 Å². The highest BCUT2D eigenvalue weighted by Gasteiger charge is 2.10. The van der Waals surface area contributed by atoms with Crippen molar-refractivity contribution in [1.82, 2.24) is 10.2 Å². The fourth-order valence-electron chi connectivity index (χ4n) is 2.27. The molecule has 0 fully saturated rings. The Morgan fingerprint density at radius 1 is 1.00 bits per heavy atom. The SMILES string of the molecule is CS(=O)(=O)c1ccc(-c2ccc(NC(=O)COc3ccc(Cl)cc3)cc2)nn1. The highest BCUT2D eigenvalue weighted by Crippen LogP contribution is 2.20. The van der Waals surface area contributed by atoms with Crippen LogP contribution in [0, 0.1) is 0 Å². The standard InChI is InChI=1S/C19H16ClN3O4S/c1-28(25,26)19-11-10-17(22-23-19)13-2-6-15(7-3-13)21-18(24)12-27-16-8-4-14(20)5-9-16/h2-11H,12H2,1H3,(H,21,24). The molecule has 1 heterocycles. The number of carbonyl (C=O) groups excluding carboxylic acids is 1. The van der Waals surface area contributed by atoms with E-state index in [-0.39, 0.29) is 17.5 Å². The Balaban J connectivity index is 1.59. The molecule has 7 nitrogen and oxygen atoms in total. The van der Waals surface area contributed by atoms with Crippen LogP contribution in [0.3, 0.4) is 0 Å². The van der Waals surface area contributed by atoms with Gasteiger partial charge in [-0.2, -0.15) is 0 Å². The van der Waals surface area contributed by atoms with Crippen LogP contribution in [-0.2, 0) is 14.6 Å². The van der Waals surface area contributed by atoms with Crippen LogP contribution in [0.1, 0.15) is 0 Å². The van der Waals surface area contributed by atoms with E-state index in [4.69, 9.17) is 16.3 Å². The monoisotopic (exact) mass is 417 g/mol. The van der Waals surface area contributed by atoms with E-state index in [0.29, 0.717) is 22.2 Å². The lowest BCUT2D eigenvalue weighted by Gasteiger charge is -2.08. The number of sulfone groups is 1. The first-order valence-corrected chi connectivity index (χ1v) is 10.4. The van der Waals surface area contributed by atoms with Gasteiger partial charge in [-0.15, -0.1) is 10.2 Å². The summed E-state index contributed by atoms with van der Waals surface area (Å²) < 4.78 is 28.2. The summed E-state index contributed by atoms with van der Waals surface area (Å²) in [6.45, 7) is -0.137. The number of carbonyl (C=O) groups is 1. The summed E-state index contributed by atoms with van der Waals surface area (Å²) >= 11 is 5.80. The van der Waals surface area contributed by atoms with Crippen molar-refractivity contribution >= 4 is 33.0 Å². The lowest BCUT2D eigenvalue weighted by Crippen LogP contribution is -2.20. The van der Waals surface area contributed by atoms with Gasteiger partial charge in [-0.25, -0.2) is 8.42 Å². The average Bonchev–Trinajstić information content (AvgIpc) is 2.68. The van der Waals surface area contributed by atoms with E-state index >= 15 is 0 Å². The number of nitrogens with zero attached hydrogens (tertiary/aromatic N) is 2. The van der Waals surface area contributed by atoms with Gasteiger partial charge in [0.2, 0.25) is 0 Å². The number of hydrogen-bond acceptors (Lipinski definition) is 6. The van der Waals surface area contributed by atoms with Crippen molar-refractivity contribution < 1.29 is 17.9 Å². The third kappa shape index (κ3) is 5.28. The van der Waals surface area contributed by atoms with Crippen LogP contribution in [0.5, 0.6) is 5.75 Å². The highest BCUT2D eigenvalue weighted by molar-refractivity contribution is 7.90. The molecule has 0 radical (unpaired) electrons. The van der Waals surface area contributed by atoms with Gasteiger partial charge in [-0.1, -0.05) is 23.7 Å². The van der Waals surface area contributed by atoms with Gasteiger partial charge >= 0.3 is 0 Å². The number of ether oxygens (including phenoxy) is 1. The zero-order valence-corrected chi connectivity index (χ0v) is 16.4. The van der Waals surface area contributed by atoms with Crippen LogP contribution in [0.25, 0.3) is 11.3 Å². The molecule has 1 aromatic heterocycles. The molecule has 0 atom stereocenters. The predicted molar refractivity (Wildman–Crippen MR) is 106 cm³/mol. The van der Waals surface area contributed by atoms with Crippen molar-refractivity contribution in [3.63, 3.8) is 0 Å². The first kappa shape index (κ1) is 19.8. The van der Waals surface area contributed by atoms with Crippen LogP contribution < -0.4 is 10.1 Å². The van der Waals surface area contributed by atoms with Gasteiger partial charge < -0.3 is 10.1 Å². The number of nitrogens with one attached hydrogen (secondary N) is 1. The lowest BCUT2D eigenvalue weighted by atomic mass is 10.1. The number of halogens is 1. The molecule has 144 valence electrons. The quantitative estimate of drug-likeness (QED) is 0.661. The summed E-state index contributed by atoms with van der Waals surface area (Å²) in [5.41, 5.74) is 1.86. The fourth-order valence-corrected chi connectivity index (χ4v) is 2.90. The molecule has 0 bridgehead atoms. The third-order valence-electron chi connectivity index (χ3n) is 3.67. The van der Waals surface area contributed by atoms with E-state index in [1.165, 1.54) is 6.07 Å². The molecule has 9 heteroatoms. The first-order valence-electron chi connectivity index (χ1n) is 8.14. The van der Waals surface area contributed by atoms with Gasteiger partial charge in [0, 0.05) is 22.5 Å². The highest BCUT2D eigenvalue weighted by atomic mass is 35.5. The zero-order chi connectivity index (χ0) is 20.1. The van der Waals surface area contributed by atoms with Gasteiger partial charge in [-0.05, 0) is 48.5 Å². The minimum Gasteiger partial charge on any atom is -0.484 e. The number of benzene rings is 2. The Bertz CT molecular complexity index is 1070. The Labute approximate surface area is 167 Å². The van der Waals surface area contributed by atoms with Crippen molar-refractivity contribution in [2.24, 2.45) is 0 Å². The second kappa shape index (κ2) is 8.37. The predicted octanol–water partition coefficient (Wildman–Crippen LogP) is 3.22. The van der Waals surface area contributed by atoms with Gasteiger partial charge in [0.1, 0.15) is 5.75 Å². The lowest BCUT2D eigenvalue weighted by molar-refractivity contribution is -0.118. The topological polar surface area (TPSA) is 98.2 Å². The van der Waals surface area contributed by atoms with Crippen LogP contribution >= 0.6 is 11.6 Å². The van der Waals surface area contributed by atoms with Gasteiger partial charge in [0.15, 0.2) is 21.5 Å². The Morgan fingerprint density at radius 3 is 2.25 bits per heavy atom. The van der Waals surface area contributed by atoms with E-state index in [0.717, 1.165) is 11.8 Å². The molecule has 1 amide bonds. The summed E-state index contributed by atoms with van der Waals surface area (Å²) in [5, 5.41) is 10.9. The maximum atomic E-state index is 12.0. The molecule has 0 unspecified atom stereocenters. The van der Waals surface area contributed by atoms with Crippen molar-refractivity contribution in [2.75, 3.05) is 18.2 Å². The normalized spacial score (nSPS) is 11.1. The summed E-state index contributed by atoms with van der Waals surface area (Å²) in [7, 11) is -3.39. The number of rotatable bonds is 6. The van der Waals surface area contributed by atoms with Crippen molar-refractivity contribution in [2.45, 2.75) is 5.03 Å². The van der Waals surface area contributed by atoms with Gasteiger partial charge in [0.05, 0.1) is 5.69 Å². The van der Waals surface area contributed by atoms with E-state index in [2.05, 4.69) is 15.5 Å². The van der Waals surface area contributed by atoms with E-state index in [9.17, 15) is 13.2 Å². The summed E-state index contributed by atoms with van der Waals surface area (Å²) in [5.74, 6) is 0.242. The number of aromatic nitrogens is 2. The third-order valence-corrected chi connectivity index (χ3v) is 4.90. The summed E-state index contributed by atoms with van der Waals surface area (Å²) in [6, 6.07) is 16.6. The molecular weight excluding hydrogens is 402 g/mol. The van der Waals surface area contributed by atoms with Crippen LogP contribution in [-0.4, -0.2) is 37.4 Å². The summed E-state index contributed by atoms with van der Waals surface area (Å²) in [6.07, 6.45) is 1.07. The van der Waals surface area contributed by atoms with Crippen molar-refractivity contribution in [3.8, 4) is 17.0 Å². The molecule has 0 spiro atoms. The van der Waals surface area contributed by atoms with Crippen LogP contribution in [0.4, 0.5) is 5.69 Å². The number of amides is 1. The van der Waals surface area contributed by atoms with Crippen LogP contribution in [0.2, 0.25) is 5.02 Å². The Morgan fingerprint density at radius 2 is 1.68 bits per heavy atom. The molecule has 28 heavy (non-hydrogen) atoms. The largest absolute Gasteiger partial charge is 0.484 e. The van der Waals surface area contributed by atoms with Crippen molar-refractivity contribution in [1.29, 1.82) is 0 Å². The Kier molecular flexibility index (Phi) is 5.91. The molecule has 0 aliphatic rings. The first-order chi connectivity index (χ1) is 13.3. The summed E-state index contributed by atoms with van der Waals surface area (Å²) in [4.78, 5) is 12.0. The number of anilines is 1. The maximum absolute atomic E-state index is 12.0. The minimum absolute atomic E-state index is 0.0826. The molecular formula is C19H16ClN3O4S. The molecule has 3 rings (SSSR count). The van der Waals surface area contributed by atoms with Gasteiger partial charge in [-0.3, -0.25) is 4.79 Å². The minimum atomic E-state index is -3.39. The second-order valence-electron chi connectivity index (χ2n) is 5.90. The smallest absolute Gasteiger partial charge is 0.262 e. The molecule has 3 aromatic rings. The second-order valence-corrected chi connectivity index (χ2v) is 8.30. The Hall–Kier alpha value is -2.97. The maximum Gasteiger partial charge on any atom is 0.262 e. The molecule has 0 aliphatic heterocycles. The average molecular weight is 418 g/mol. The molecule has 0 aliphatic carbocycles. The zero-order valence-electron chi connectivity index (χ0n) is 14.8. The van der Waals surface area contributed by atoms with Crippen LogP contribution in [0.15, 0.2) is 65.7 Å². The fraction of sp³-hybridized carbons (Fsp3) is 0.105.